The van der Waals surface area contributed by atoms with E-state index < -0.39 is 0 Å². The Labute approximate surface area is 84.0 Å². The van der Waals surface area contributed by atoms with Gasteiger partial charge in [0.2, 0.25) is 0 Å². The van der Waals surface area contributed by atoms with Crippen LogP contribution in [0.15, 0.2) is 18.2 Å². The Kier molecular flexibility index (Phi) is 2.83. The van der Waals surface area contributed by atoms with Gasteiger partial charge < -0.3 is 10.4 Å². The lowest BCUT2D eigenvalue weighted by Gasteiger charge is -2.17. The van der Waals surface area contributed by atoms with E-state index in [2.05, 4.69) is 23.2 Å². The van der Waals surface area contributed by atoms with Crippen molar-refractivity contribution in [1.82, 2.24) is 5.32 Å². The van der Waals surface area contributed by atoms with Crippen molar-refractivity contribution >= 4 is 0 Å². The van der Waals surface area contributed by atoms with Crippen LogP contribution in [0.3, 0.4) is 0 Å². The molecule has 0 spiro atoms. The minimum Gasteiger partial charge on any atom is -0.384 e. The Morgan fingerprint density at radius 2 is 2.36 bits per heavy atom. The lowest BCUT2D eigenvalue weighted by atomic mass is 9.96. The third kappa shape index (κ3) is 1.79. The zero-order valence-corrected chi connectivity index (χ0v) is 8.01. The number of hydrogen-bond donors (Lipinski definition) is 2. The molecule has 0 fully saturated rings. The number of aliphatic hydroxyl groups excluding tert-OH is 1. The fraction of sp³-hybridized carbons (Fsp3) is 0.333. The summed E-state index contributed by atoms with van der Waals surface area (Å²) >= 11 is 0. The Balaban J connectivity index is 2.40. The van der Waals surface area contributed by atoms with E-state index in [1.165, 1.54) is 11.1 Å². The first kappa shape index (κ1) is 9.26. The maximum atomic E-state index is 8.65. The summed E-state index contributed by atoms with van der Waals surface area (Å²) in [6.45, 7) is 1.89. The van der Waals surface area contributed by atoms with Crippen LogP contribution in [-0.4, -0.2) is 18.3 Å². The van der Waals surface area contributed by atoms with Crippen LogP contribution in [0.25, 0.3) is 0 Å². The van der Waals surface area contributed by atoms with Crippen molar-refractivity contribution in [2.75, 3.05) is 13.2 Å². The highest BCUT2D eigenvalue weighted by Gasteiger charge is 2.10. The van der Waals surface area contributed by atoms with Gasteiger partial charge in [0.05, 0.1) is 0 Å². The van der Waals surface area contributed by atoms with Crippen LogP contribution in [0, 0.1) is 11.8 Å². The number of rotatable bonds is 0. The zero-order valence-electron chi connectivity index (χ0n) is 8.01. The van der Waals surface area contributed by atoms with Crippen molar-refractivity contribution in [3.8, 4) is 11.8 Å². The molecule has 1 aromatic carbocycles. The van der Waals surface area contributed by atoms with Gasteiger partial charge in [-0.15, -0.1) is 0 Å². The van der Waals surface area contributed by atoms with Gasteiger partial charge in [-0.05, 0) is 30.2 Å². The first-order valence-electron chi connectivity index (χ1n) is 4.83. The summed E-state index contributed by atoms with van der Waals surface area (Å²) in [7, 11) is 0. The smallest absolute Gasteiger partial charge is 0.104 e. The second-order valence-electron chi connectivity index (χ2n) is 3.33. The van der Waals surface area contributed by atoms with Crippen molar-refractivity contribution in [1.29, 1.82) is 0 Å². The fourth-order valence-electron chi connectivity index (χ4n) is 1.78. The second-order valence-corrected chi connectivity index (χ2v) is 3.33. The Morgan fingerprint density at radius 1 is 1.43 bits per heavy atom. The first-order chi connectivity index (χ1) is 6.92. The molecule has 1 aliphatic heterocycles. The third-order valence-corrected chi connectivity index (χ3v) is 2.44. The predicted molar refractivity (Wildman–Crippen MR) is 55.8 cm³/mol. The van der Waals surface area contributed by atoms with Crippen molar-refractivity contribution in [2.24, 2.45) is 0 Å². The van der Waals surface area contributed by atoms with Crippen molar-refractivity contribution in [2.45, 2.75) is 13.0 Å². The van der Waals surface area contributed by atoms with Crippen LogP contribution < -0.4 is 5.32 Å². The topological polar surface area (TPSA) is 32.3 Å². The average Bonchev–Trinajstić information content (AvgIpc) is 2.26. The highest BCUT2D eigenvalue weighted by atomic mass is 16.2. The second kappa shape index (κ2) is 4.28. The van der Waals surface area contributed by atoms with E-state index in [0.29, 0.717) is 0 Å². The molecular formula is C12H13NO. The van der Waals surface area contributed by atoms with Crippen LogP contribution >= 0.6 is 0 Å². The molecule has 0 saturated carbocycles. The van der Waals surface area contributed by atoms with Gasteiger partial charge in [0.1, 0.15) is 6.61 Å². The summed E-state index contributed by atoms with van der Waals surface area (Å²) in [4.78, 5) is 0. The Morgan fingerprint density at radius 3 is 3.21 bits per heavy atom. The molecule has 1 heterocycles. The summed E-state index contributed by atoms with van der Waals surface area (Å²) in [5.41, 5.74) is 3.74. The van der Waals surface area contributed by atoms with E-state index in [4.69, 9.17) is 5.11 Å². The quantitative estimate of drug-likeness (QED) is 0.585. The molecular weight excluding hydrogens is 174 g/mol. The third-order valence-electron chi connectivity index (χ3n) is 2.44. The molecule has 0 aliphatic carbocycles. The molecule has 0 aromatic heterocycles. The number of fused-ring (bicyclic) bond motifs is 1. The number of aliphatic hydroxyl groups is 1. The molecule has 0 unspecified atom stereocenters. The van der Waals surface area contributed by atoms with Crippen molar-refractivity contribution in [3.05, 3.63) is 34.9 Å². The normalized spacial score (nSPS) is 14.1. The molecule has 1 aliphatic rings. The summed E-state index contributed by atoms with van der Waals surface area (Å²) in [6, 6.07) is 6.17. The summed E-state index contributed by atoms with van der Waals surface area (Å²) in [5, 5.41) is 12.0. The minimum atomic E-state index is -0.0675. The maximum absolute atomic E-state index is 8.65. The molecule has 2 rings (SSSR count). The summed E-state index contributed by atoms with van der Waals surface area (Å²) in [5.74, 6) is 5.69. The standard InChI is InChI=1S/C12H13NO/c14-8-2-5-10-3-1-4-11-9-13-7-6-12(10)11/h1,3-4,13-14H,6-9H2. The SMILES string of the molecule is OCC#Cc1cccc2c1CCNC2. The molecule has 0 saturated heterocycles. The average molecular weight is 187 g/mol. The zero-order chi connectivity index (χ0) is 9.80. The van der Waals surface area contributed by atoms with Crippen molar-refractivity contribution in [3.63, 3.8) is 0 Å². The maximum Gasteiger partial charge on any atom is 0.104 e. The number of hydrogen-bond acceptors (Lipinski definition) is 2. The van der Waals surface area contributed by atoms with Crippen LogP contribution in [0.4, 0.5) is 0 Å². The fourth-order valence-corrected chi connectivity index (χ4v) is 1.78. The molecule has 2 N–H and O–H groups in total. The van der Waals surface area contributed by atoms with Gasteiger partial charge in [-0.25, -0.2) is 0 Å². The minimum absolute atomic E-state index is 0.0675. The van der Waals surface area contributed by atoms with E-state index in [1.54, 1.807) is 0 Å². The highest BCUT2D eigenvalue weighted by Crippen LogP contribution is 2.17. The largest absolute Gasteiger partial charge is 0.384 e. The van der Waals surface area contributed by atoms with Crippen LogP contribution in [0.5, 0.6) is 0 Å². The van der Waals surface area contributed by atoms with Gasteiger partial charge >= 0.3 is 0 Å². The lowest BCUT2D eigenvalue weighted by Crippen LogP contribution is -2.24. The van der Waals surface area contributed by atoms with Gasteiger partial charge in [-0.2, -0.15) is 0 Å². The lowest BCUT2D eigenvalue weighted by molar-refractivity contribution is 0.350. The number of benzene rings is 1. The van der Waals surface area contributed by atoms with E-state index in [1.807, 2.05) is 12.1 Å². The van der Waals surface area contributed by atoms with Crippen molar-refractivity contribution < 1.29 is 5.11 Å². The first-order valence-corrected chi connectivity index (χ1v) is 4.83. The molecule has 0 bridgehead atoms. The molecule has 72 valence electrons. The van der Waals surface area contributed by atoms with Crippen LogP contribution in [-0.2, 0) is 13.0 Å². The van der Waals surface area contributed by atoms with E-state index in [9.17, 15) is 0 Å². The molecule has 0 radical (unpaired) electrons. The van der Waals surface area contributed by atoms with E-state index >= 15 is 0 Å². The molecule has 1 aromatic rings. The molecule has 0 atom stereocenters. The highest BCUT2D eigenvalue weighted by molar-refractivity contribution is 5.46. The summed E-state index contributed by atoms with van der Waals surface area (Å²) in [6.07, 6.45) is 1.03. The molecule has 2 heteroatoms. The Bertz CT molecular complexity index is 387. The van der Waals surface area contributed by atoms with Crippen LogP contribution in [0.1, 0.15) is 16.7 Å². The van der Waals surface area contributed by atoms with E-state index in [-0.39, 0.29) is 6.61 Å². The van der Waals surface area contributed by atoms with Gasteiger partial charge in [-0.1, -0.05) is 24.0 Å². The predicted octanol–water partition coefficient (Wildman–Crippen LogP) is 0.676. The monoisotopic (exact) mass is 187 g/mol. The van der Waals surface area contributed by atoms with Gasteiger partial charge in [0, 0.05) is 12.1 Å². The van der Waals surface area contributed by atoms with E-state index in [0.717, 1.165) is 25.1 Å². The Hall–Kier alpha value is -1.30. The van der Waals surface area contributed by atoms with Gasteiger partial charge in [-0.3, -0.25) is 0 Å². The molecule has 14 heavy (non-hydrogen) atoms. The van der Waals surface area contributed by atoms with Crippen LogP contribution in [0.2, 0.25) is 0 Å². The van der Waals surface area contributed by atoms with Gasteiger partial charge in [0.15, 0.2) is 0 Å². The number of nitrogens with one attached hydrogen (secondary N) is 1. The molecule has 2 nitrogen and oxygen atoms in total. The van der Waals surface area contributed by atoms with Gasteiger partial charge in [0.25, 0.3) is 0 Å². The summed E-state index contributed by atoms with van der Waals surface area (Å²) < 4.78 is 0. The molecule has 0 amide bonds.